The van der Waals surface area contributed by atoms with E-state index in [0.29, 0.717) is 21.8 Å². The highest BCUT2D eigenvalue weighted by atomic mass is 32.2. The number of nitrogen functional groups attached to an aromatic ring is 1. The standard InChI is InChI=1S/C18H12N6OS2/c19-17-20-13-7-6-12(10-14(13)27-17)26-18-22-21-15-8-9-16(23-24(15)18)25-11-4-2-1-3-5-11/h1-10H,(H2,19,20). The average Bonchev–Trinajstić information content (AvgIpc) is 3.25. The minimum Gasteiger partial charge on any atom is -0.438 e. The second-order valence-electron chi connectivity index (χ2n) is 5.62. The summed E-state index contributed by atoms with van der Waals surface area (Å²) in [6.45, 7) is 0. The van der Waals surface area contributed by atoms with Gasteiger partial charge in [-0.2, -0.15) is 4.52 Å². The van der Waals surface area contributed by atoms with Crippen LogP contribution in [0.3, 0.4) is 0 Å². The van der Waals surface area contributed by atoms with Crippen LogP contribution in [0.2, 0.25) is 0 Å². The molecule has 0 saturated heterocycles. The monoisotopic (exact) mass is 392 g/mol. The summed E-state index contributed by atoms with van der Waals surface area (Å²) in [7, 11) is 0. The lowest BCUT2D eigenvalue weighted by molar-refractivity contribution is 0.449. The van der Waals surface area contributed by atoms with Gasteiger partial charge in [-0.25, -0.2) is 4.98 Å². The lowest BCUT2D eigenvalue weighted by atomic mass is 10.3. The van der Waals surface area contributed by atoms with E-state index in [9.17, 15) is 0 Å². The van der Waals surface area contributed by atoms with Crippen LogP contribution >= 0.6 is 23.1 Å². The van der Waals surface area contributed by atoms with Crippen molar-refractivity contribution < 1.29 is 4.74 Å². The lowest BCUT2D eigenvalue weighted by Crippen LogP contribution is -1.97. The zero-order valence-corrected chi connectivity index (χ0v) is 15.4. The number of hydrogen-bond donors (Lipinski definition) is 1. The third-order valence-corrected chi connectivity index (χ3v) is 5.54. The number of anilines is 1. The Morgan fingerprint density at radius 1 is 1.00 bits per heavy atom. The molecule has 0 saturated carbocycles. The van der Waals surface area contributed by atoms with Gasteiger partial charge in [0.1, 0.15) is 5.75 Å². The van der Waals surface area contributed by atoms with Crippen molar-refractivity contribution in [3.8, 4) is 11.6 Å². The number of thiazole rings is 1. The third kappa shape index (κ3) is 3.18. The summed E-state index contributed by atoms with van der Waals surface area (Å²) < 4.78 is 8.51. The van der Waals surface area contributed by atoms with Crippen LogP contribution in [0.25, 0.3) is 15.9 Å². The molecule has 132 valence electrons. The number of para-hydroxylation sites is 1. The molecule has 0 spiro atoms. The van der Waals surface area contributed by atoms with E-state index in [1.165, 1.54) is 23.1 Å². The summed E-state index contributed by atoms with van der Waals surface area (Å²) in [6, 6.07) is 19.1. The second-order valence-corrected chi connectivity index (χ2v) is 7.73. The summed E-state index contributed by atoms with van der Waals surface area (Å²) >= 11 is 2.93. The van der Waals surface area contributed by atoms with Crippen molar-refractivity contribution in [3.63, 3.8) is 0 Å². The molecule has 7 nitrogen and oxygen atoms in total. The van der Waals surface area contributed by atoms with E-state index in [0.717, 1.165) is 20.9 Å². The fourth-order valence-electron chi connectivity index (χ4n) is 2.57. The van der Waals surface area contributed by atoms with Crippen molar-refractivity contribution in [2.45, 2.75) is 10.1 Å². The van der Waals surface area contributed by atoms with E-state index in [1.807, 2.05) is 54.6 Å². The van der Waals surface area contributed by atoms with E-state index in [4.69, 9.17) is 10.5 Å². The van der Waals surface area contributed by atoms with Crippen molar-refractivity contribution in [2.24, 2.45) is 0 Å². The number of rotatable bonds is 4. The quantitative estimate of drug-likeness (QED) is 0.488. The molecule has 5 rings (SSSR count). The third-order valence-electron chi connectivity index (χ3n) is 3.76. The summed E-state index contributed by atoms with van der Waals surface area (Å²) in [6.07, 6.45) is 0. The number of nitrogens with zero attached hydrogens (tertiary/aromatic N) is 5. The Hall–Kier alpha value is -3.17. The molecule has 0 bridgehead atoms. The molecule has 5 aromatic rings. The molecule has 0 fully saturated rings. The van der Waals surface area contributed by atoms with Crippen molar-refractivity contribution in [1.82, 2.24) is 24.8 Å². The Labute approximate surface area is 161 Å². The maximum Gasteiger partial charge on any atom is 0.237 e. The van der Waals surface area contributed by atoms with Crippen LogP contribution in [0.5, 0.6) is 11.6 Å². The fourth-order valence-corrected chi connectivity index (χ4v) is 4.25. The average molecular weight is 392 g/mol. The number of aromatic nitrogens is 5. The highest BCUT2D eigenvalue weighted by molar-refractivity contribution is 7.99. The van der Waals surface area contributed by atoms with Crippen molar-refractivity contribution in [3.05, 3.63) is 60.7 Å². The van der Waals surface area contributed by atoms with Crippen LogP contribution in [-0.2, 0) is 0 Å². The number of ether oxygens (including phenoxy) is 1. The molecular weight excluding hydrogens is 380 g/mol. The van der Waals surface area contributed by atoms with Gasteiger partial charge in [-0.15, -0.1) is 15.3 Å². The Morgan fingerprint density at radius 2 is 1.89 bits per heavy atom. The molecule has 0 atom stereocenters. The van der Waals surface area contributed by atoms with E-state index in [-0.39, 0.29) is 0 Å². The maximum absolute atomic E-state index is 5.80. The Morgan fingerprint density at radius 3 is 2.78 bits per heavy atom. The van der Waals surface area contributed by atoms with E-state index in [1.54, 1.807) is 10.6 Å². The SMILES string of the molecule is Nc1nc2ccc(Sc3nnc4ccc(Oc5ccccc5)nn34)cc2s1. The van der Waals surface area contributed by atoms with Crippen LogP contribution < -0.4 is 10.5 Å². The first-order chi connectivity index (χ1) is 13.2. The molecule has 3 heterocycles. The predicted octanol–water partition coefficient (Wildman–Crippen LogP) is 4.26. The first-order valence-electron chi connectivity index (χ1n) is 8.04. The highest BCUT2D eigenvalue weighted by Crippen LogP contribution is 2.32. The Kier molecular flexibility index (Phi) is 3.88. The summed E-state index contributed by atoms with van der Waals surface area (Å²) in [5.74, 6) is 1.20. The topological polar surface area (TPSA) is 91.2 Å². The highest BCUT2D eigenvalue weighted by Gasteiger charge is 2.11. The fraction of sp³-hybridized carbons (Fsp3) is 0. The van der Waals surface area contributed by atoms with E-state index in [2.05, 4.69) is 20.3 Å². The Balaban J connectivity index is 1.47. The van der Waals surface area contributed by atoms with Gasteiger partial charge in [0, 0.05) is 11.0 Å². The molecule has 0 amide bonds. The smallest absolute Gasteiger partial charge is 0.237 e. The van der Waals surface area contributed by atoms with Crippen molar-refractivity contribution in [2.75, 3.05) is 5.73 Å². The number of hydrogen-bond acceptors (Lipinski definition) is 8. The molecule has 0 aliphatic carbocycles. The lowest BCUT2D eigenvalue weighted by Gasteiger charge is -2.05. The molecule has 0 aliphatic heterocycles. The van der Waals surface area contributed by atoms with Gasteiger partial charge < -0.3 is 10.5 Å². The summed E-state index contributed by atoms with van der Waals surface area (Å²) in [5.41, 5.74) is 7.33. The first-order valence-corrected chi connectivity index (χ1v) is 9.67. The van der Waals surface area contributed by atoms with Crippen LogP contribution in [-0.4, -0.2) is 24.8 Å². The van der Waals surface area contributed by atoms with Gasteiger partial charge in [-0.1, -0.05) is 29.5 Å². The molecule has 2 N–H and O–H groups in total. The van der Waals surface area contributed by atoms with Crippen LogP contribution in [0.4, 0.5) is 5.13 Å². The minimum absolute atomic E-state index is 0.473. The van der Waals surface area contributed by atoms with Gasteiger partial charge in [0.25, 0.3) is 0 Å². The van der Waals surface area contributed by atoms with Gasteiger partial charge in [-0.05, 0) is 48.2 Å². The molecule has 0 radical (unpaired) electrons. The van der Waals surface area contributed by atoms with Crippen molar-refractivity contribution >= 4 is 44.1 Å². The molecule has 0 unspecified atom stereocenters. The number of nitrogens with two attached hydrogens (primary N) is 1. The molecule has 3 aromatic heterocycles. The van der Waals surface area contributed by atoms with Crippen LogP contribution in [0.15, 0.2) is 70.7 Å². The van der Waals surface area contributed by atoms with Gasteiger partial charge in [0.05, 0.1) is 10.2 Å². The van der Waals surface area contributed by atoms with Crippen LogP contribution in [0, 0.1) is 0 Å². The largest absolute Gasteiger partial charge is 0.438 e. The van der Waals surface area contributed by atoms with Gasteiger partial charge in [0.2, 0.25) is 11.0 Å². The van der Waals surface area contributed by atoms with E-state index < -0.39 is 0 Å². The summed E-state index contributed by atoms with van der Waals surface area (Å²) in [4.78, 5) is 5.29. The second kappa shape index (κ2) is 6.53. The zero-order valence-electron chi connectivity index (χ0n) is 13.8. The molecule has 27 heavy (non-hydrogen) atoms. The zero-order chi connectivity index (χ0) is 18.2. The predicted molar refractivity (Wildman–Crippen MR) is 105 cm³/mol. The van der Waals surface area contributed by atoms with Crippen LogP contribution in [0.1, 0.15) is 0 Å². The van der Waals surface area contributed by atoms with Crippen molar-refractivity contribution in [1.29, 1.82) is 0 Å². The Bertz CT molecular complexity index is 1250. The van der Waals surface area contributed by atoms with E-state index >= 15 is 0 Å². The first kappa shape index (κ1) is 16.0. The van der Waals surface area contributed by atoms with Gasteiger partial charge >= 0.3 is 0 Å². The molecular formula is C18H12N6OS2. The van der Waals surface area contributed by atoms with Gasteiger partial charge in [-0.3, -0.25) is 0 Å². The minimum atomic E-state index is 0.473. The number of fused-ring (bicyclic) bond motifs is 2. The normalized spacial score (nSPS) is 11.3. The molecule has 9 heteroatoms. The summed E-state index contributed by atoms with van der Waals surface area (Å²) in [5, 5.41) is 14.1. The molecule has 2 aromatic carbocycles. The molecule has 0 aliphatic rings. The van der Waals surface area contributed by atoms with Gasteiger partial charge in [0.15, 0.2) is 10.8 Å². The number of benzene rings is 2. The maximum atomic E-state index is 5.80.